The van der Waals surface area contributed by atoms with Gasteiger partial charge in [0.2, 0.25) is 0 Å². The van der Waals surface area contributed by atoms with E-state index in [4.69, 9.17) is 28.9 Å². The number of nitrogens with two attached hydrogens (primary N) is 1. The number of nitrogens with zero attached hydrogens (tertiary/aromatic N) is 2. The van der Waals surface area contributed by atoms with Crippen molar-refractivity contribution in [2.75, 3.05) is 5.73 Å². The van der Waals surface area contributed by atoms with Gasteiger partial charge in [-0.15, -0.1) is 0 Å². The average molecular weight is 365 g/mol. The van der Waals surface area contributed by atoms with Crippen molar-refractivity contribution in [3.8, 4) is 0 Å². The van der Waals surface area contributed by atoms with Gasteiger partial charge in [-0.25, -0.2) is 10.4 Å². The molecule has 5 nitrogen and oxygen atoms in total. The summed E-state index contributed by atoms with van der Waals surface area (Å²) >= 11 is 13.3. The number of hydrogen-bond acceptors (Lipinski definition) is 5. The molecule has 0 fully saturated rings. The van der Waals surface area contributed by atoms with Crippen molar-refractivity contribution in [3.05, 3.63) is 57.6 Å². The van der Waals surface area contributed by atoms with Gasteiger partial charge in [0.15, 0.2) is 5.13 Å². The molecule has 23 heavy (non-hydrogen) atoms. The number of rotatable bonds is 3. The van der Waals surface area contributed by atoms with E-state index in [0.717, 1.165) is 10.2 Å². The molecule has 0 saturated carbocycles. The second-order valence-corrected chi connectivity index (χ2v) is 6.42. The van der Waals surface area contributed by atoms with E-state index in [1.165, 1.54) is 17.6 Å². The zero-order chi connectivity index (χ0) is 16.4. The van der Waals surface area contributed by atoms with Gasteiger partial charge in [-0.05, 0) is 24.3 Å². The lowest BCUT2D eigenvalue weighted by molar-refractivity contribution is 0.0955. The number of halogens is 2. The third-order valence-corrected chi connectivity index (χ3v) is 4.70. The summed E-state index contributed by atoms with van der Waals surface area (Å²) in [5.41, 5.74) is 9.94. The van der Waals surface area contributed by atoms with Crippen LogP contribution in [0, 0.1) is 0 Å². The number of carbonyl (C=O) groups excluding carboxylic acids is 1. The Labute approximate surface area is 145 Å². The Balaban J connectivity index is 1.75. The number of nitrogen functional groups attached to an aromatic ring is 1. The predicted molar refractivity (Wildman–Crippen MR) is 95.6 cm³/mol. The summed E-state index contributed by atoms with van der Waals surface area (Å²) in [6, 6.07) is 10.3. The van der Waals surface area contributed by atoms with Crippen molar-refractivity contribution < 1.29 is 4.79 Å². The number of anilines is 1. The number of carbonyl (C=O) groups is 1. The van der Waals surface area contributed by atoms with Crippen molar-refractivity contribution in [2.45, 2.75) is 0 Å². The molecule has 8 heteroatoms. The van der Waals surface area contributed by atoms with Crippen LogP contribution in [0.2, 0.25) is 10.0 Å². The average Bonchev–Trinajstić information content (AvgIpc) is 2.90. The quantitative estimate of drug-likeness (QED) is 0.545. The van der Waals surface area contributed by atoms with E-state index in [-0.39, 0.29) is 5.91 Å². The van der Waals surface area contributed by atoms with Gasteiger partial charge in [0.1, 0.15) is 0 Å². The lowest BCUT2D eigenvalue weighted by atomic mass is 10.2. The maximum Gasteiger partial charge on any atom is 0.271 e. The van der Waals surface area contributed by atoms with Gasteiger partial charge in [-0.3, -0.25) is 4.79 Å². The first-order valence-electron chi connectivity index (χ1n) is 6.48. The number of hydrazone groups is 1. The van der Waals surface area contributed by atoms with E-state index >= 15 is 0 Å². The van der Waals surface area contributed by atoms with Crippen LogP contribution in [0.1, 0.15) is 15.9 Å². The Morgan fingerprint density at radius 1 is 1.30 bits per heavy atom. The molecule has 0 spiro atoms. The SMILES string of the molecule is Nc1nc2ccc(C(=O)N/N=C\c3cccc(Cl)c3Cl)cc2s1. The summed E-state index contributed by atoms with van der Waals surface area (Å²) in [6.07, 6.45) is 1.44. The number of aromatic nitrogens is 1. The minimum atomic E-state index is -0.340. The van der Waals surface area contributed by atoms with Crippen molar-refractivity contribution >= 4 is 62.0 Å². The molecular weight excluding hydrogens is 355 g/mol. The summed E-state index contributed by atoms with van der Waals surface area (Å²) in [6.45, 7) is 0. The summed E-state index contributed by atoms with van der Waals surface area (Å²) in [5.74, 6) is -0.340. The molecule has 1 heterocycles. The molecule has 3 aromatic rings. The second-order valence-electron chi connectivity index (χ2n) is 4.58. The molecule has 1 aromatic heterocycles. The highest BCUT2D eigenvalue weighted by atomic mass is 35.5. The summed E-state index contributed by atoms with van der Waals surface area (Å²) in [7, 11) is 0. The smallest absolute Gasteiger partial charge is 0.271 e. The molecule has 0 radical (unpaired) electrons. The molecule has 0 bridgehead atoms. The van der Waals surface area contributed by atoms with Gasteiger partial charge in [0.05, 0.1) is 26.5 Å². The van der Waals surface area contributed by atoms with E-state index in [1.54, 1.807) is 36.4 Å². The Morgan fingerprint density at radius 3 is 2.96 bits per heavy atom. The highest BCUT2D eigenvalue weighted by molar-refractivity contribution is 7.22. The fourth-order valence-corrected chi connectivity index (χ4v) is 3.06. The Kier molecular flexibility index (Phi) is 4.47. The number of amides is 1. The molecule has 0 aliphatic rings. The Morgan fingerprint density at radius 2 is 2.13 bits per heavy atom. The highest BCUT2D eigenvalue weighted by Gasteiger charge is 2.08. The number of hydrogen-bond donors (Lipinski definition) is 2. The van der Waals surface area contributed by atoms with Gasteiger partial charge >= 0.3 is 0 Å². The van der Waals surface area contributed by atoms with Crippen molar-refractivity contribution in [2.24, 2.45) is 5.10 Å². The van der Waals surface area contributed by atoms with Crippen molar-refractivity contribution in [1.29, 1.82) is 0 Å². The van der Waals surface area contributed by atoms with Crippen LogP contribution < -0.4 is 11.2 Å². The monoisotopic (exact) mass is 364 g/mol. The third kappa shape index (κ3) is 3.44. The molecule has 3 N–H and O–H groups in total. The molecule has 116 valence electrons. The van der Waals surface area contributed by atoms with E-state index in [1.807, 2.05) is 0 Å². The molecular formula is C15H10Cl2N4OS. The number of fused-ring (bicyclic) bond motifs is 1. The lowest BCUT2D eigenvalue weighted by Crippen LogP contribution is -2.17. The second kappa shape index (κ2) is 6.54. The minimum Gasteiger partial charge on any atom is -0.375 e. The number of thiazole rings is 1. The van der Waals surface area contributed by atoms with Crippen LogP contribution in [0.3, 0.4) is 0 Å². The van der Waals surface area contributed by atoms with Crippen LogP contribution >= 0.6 is 34.5 Å². The van der Waals surface area contributed by atoms with Gasteiger partial charge in [0.25, 0.3) is 5.91 Å². The first-order valence-corrected chi connectivity index (χ1v) is 8.05. The van der Waals surface area contributed by atoms with E-state index in [2.05, 4.69) is 15.5 Å². The molecule has 0 unspecified atom stereocenters. The van der Waals surface area contributed by atoms with Crippen LogP contribution in [0.15, 0.2) is 41.5 Å². The first-order chi connectivity index (χ1) is 11.0. The first kappa shape index (κ1) is 15.7. The van der Waals surface area contributed by atoms with E-state index in [9.17, 15) is 4.79 Å². The van der Waals surface area contributed by atoms with Gasteiger partial charge in [-0.2, -0.15) is 5.10 Å². The molecule has 0 saturated heterocycles. The highest BCUT2D eigenvalue weighted by Crippen LogP contribution is 2.25. The predicted octanol–water partition coefficient (Wildman–Crippen LogP) is 3.95. The maximum absolute atomic E-state index is 12.1. The standard InChI is InChI=1S/C15H10Cl2N4OS/c16-10-3-1-2-9(13(10)17)7-19-21-14(22)8-4-5-11-12(6-8)23-15(18)20-11/h1-7H,(H2,18,20)(H,21,22)/b19-7-. The topological polar surface area (TPSA) is 80.4 Å². The van der Waals surface area contributed by atoms with Crippen molar-refractivity contribution in [3.63, 3.8) is 0 Å². The minimum absolute atomic E-state index is 0.340. The summed E-state index contributed by atoms with van der Waals surface area (Å²) in [4.78, 5) is 16.2. The number of nitrogens with one attached hydrogen (secondary N) is 1. The third-order valence-electron chi connectivity index (χ3n) is 3.02. The van der Waals surface area contributed by atoms with Crippen LogP contribution in [0.5, 0.6) is 0 Å². The van der Waals surface area contributed by atoms with Gasteiger partial charge in [-0.1, -0.05) is 46.7 Å². The largest absolute Gasteiger partial charge is 0.375 e. The fraction of sp³-hybridized carbons (Fsp3) is 0. The summed E-state index contributed by atoms with van der Waals surface area (Å²) < 4.78 is 0.844. The summed E-state index contributed by atoms with van der Waals surface area (Å²) in [5, 5.41) is 5.17. The Hall–Kier alpha value is -2.15. The lowest BCUT2D eigenvalue weighted by Gasteiger charge is -2.01. The zero-order valence-corrected chi connectivity index (χ0v) is 13.9. The molecule has 0 atom stereocenters. The van der Waals surface area contributed by atoms with Crippen LogP contribution in [0.4, 0.5) is 5.13 Å². The molecule has 3 rings (SSSR count). The zero-order valence-electron chi connectivity index (χ0n) is 11.6. The molecule has 2 aromatic carbocycles. The Bertz CT molecular complexity index is 923. The van der Waals surface area contributed by atoms with Crippen LogP contribution in [-0.2, 0) is 0 Å². The van der Waals surface area contributed by atoms with Gasteiger partial charge in [0, 0.05) is 11.1 Å². The maximum atomic E-state index is 12.1. The molecule has 0 aliphatic heterocycles. The van der Waals surface area contributed by atoms with E-state index < -0.39 is 0 Å². The van der Waals surface area contributed by atoms with Crippen LogP contribution in [-0.4, -0.2) is 17.1 Å². The molecule has 1 amide bonds. The molecule has 0 aliphatic carbocycles. The van der Waals surface area contributed by atoms with E-state index in [0.29, 0.717) is 26.3 Å². The fourth-order valence-electron chi connectivity index (χ4n) is 1.93. The number of benzene rings is 2. The normalized spacial score (nSPS) is 11.2. The van der Waals surface area contributed by atoms with Gasteiger partial charge < -0.3 is 5.73 Å². The van der Waals surface area contributed by atoms with Crippen LogP contribution in [0.25, 0.3) is 10.2 Å². The van der Waals surface area contributed by atoms with Crippen molar-refractivity contribution in [1.82, 2.24) is 10.4 Å².